The molecule has 1 atom stereocenters. The Bertz CT molecular complexity index is 481. The fourth-order valence-corrected chi connectivity index (χ4v) is 3.34. The van der Waals surface area contributed by atoms with Crippen molar-refractivity contribution < 1.29 is 4.79 Å². The van der Waals surface area contributed by atoms with Crippen LogP contribution in [0.15, 0.2) is 22.7 Å². The maximum atomic E-state index is 12.7. The van der Waals surface area contributed by atoms with E-state index in [2.05, 4.69) is 33.5 Å². The summed E-state index contributed by atoms with van der Waals surface area (Å²) in [6.45, 7) is 3.87. The van der Waals surface area contributed by atoms with Gasteiger partial charge in [0.05, 0.1) is 16.1 Å². The molecule has 0 saturated carbocycles. The maximum Gasteiger partial charge on any atom is 0.231 e. The third-order valence-corrected chi connectivity index (χ3v) is 4.68. The van der Waals surface area contributed by atoms with E-state index in [4.69, 9.17) is 11.6 Å². The van der Waals surface area contributed by atoms with E-state index in [1.54, 1.807) is 6.07 Å². The summed E-state index contributed by atoms with van der Waals surface area (Å²) in [7, 11) is 0. The molecule has 0 aromatic heterocycles. The molecule has 20 heavy (non-hydrogen) atoms. The molecule has 0 aliphatic carbocycles. The first kappa shape index (κ1) is 15.8. The molecule has 1 heterocycles. The fourth-order valence-electron chi connectivity index (χ4n) is 2.82. The number of rotatable bonds is 4. The molecule has 1 saturated heterocycles. The van der Waals surface area contributed by atoms with Crippen LogP contribution >= 0.6 is 27.5 Å². The molecule has 3 nitrogen and oxygen atoms in total. The second-order valence-electron chi connectivity index (χ2n) is 5.39. The SMILES string of the molecule is CCCC1(C(=O)Nc2cc(Br)ccc2Cl)CCCNC1. The van der Waals surface area contributed by atoms with Crippen LogP contribution in [0.25, 0.3) is 0 Å². The van der Waals surface area contributed by atoms with Gasteiger partial charge < -0.3 is 10.6 Å². The first-order chi connectivity index (χ1) is 9.57. The van der Waals surface area contributed by atoms with Crippen molar-refractivity contribution in [3.63, 3.8) is 0 Å². The topological polar surface area (TPSA) is 41.1 Å². The Labute approximate surface area is 133 Å². The van der Waals surface area contributed by atoms with Gasteiger partial charge in [-0.3, -0.25) is 4.79 Å². The Morgan fingerprint density at radius 3 is 3.00 bits per heavy atom. The minimum atomic E-state index is -0.307. The molecular formula is C15H20BrClN2O. The quantitative estimate of drug-likeness (QED) is 0.845. The monoisotopic (exact) mass is 358 g/mol. The molecule has 1 aliphatic heterocycles. The van der Waals surface area contributed by atoms with Gasteiger partial charge in [-0.15, -0.1) is 0 Å². The molecule has 2 rings (SSSR count). The number of nitrogens with one attached hydrogen (secondary N) is 2. The third-order valence-electron chi connectivity index (χ3n) is 3.86. The van der Waals surface area contributed by atoms with Crippen molar-refractivity contribution in [3.05, 3.63) is 27.7 Å². The van der Waals surface area contributed by atoms with E-state index < -0.39 is 0 Å². The largest absolute Gasteiger partial charge is 0.324 e. The van der Waals surface area contributed by atoms with Crippen molar-refractivity contribution in [3.8, 4) is 0 Å². The summed E-state index contributed by atoms with van der Waals surface area (Å²) in [4.78, 5) is 12.7. The van der Waals surface area contributed by atoms with Gasteiger partial charge in [0.2, 0.25) is 5.91 Å². The van der Waals surface area contributed by atoms with Gasteiger partial charge in [-0.25, -0.2) is 0 Å². The van der Waals surface area contributed by atoms with Crippen molar-refractivity contribution in [2.75, 3.05) is 18.4 Å². The Kier molecular flexibility index (Phi) is 5.47. The van der Waals surface area contributed by atoms with Crippen LogP contribution in [-0.4, -0.2) is 19.0 Å². The van der Waals surface area contributed by atoms with Gasteiger partial charge >= 0.3 is 0 Å². The minimum absolute atomic E-state index is 0.0755. The second-order valence-corrected chi connectivity index (χ2v) is 6.71. The Morgan fingerprint density at radius 1 is 1.55 bits per heavy atom. The summed E-state index contributed by atoms with van der Waals surface area (Å²) >= 11 is 9.55. The van der Waals surface area contributed by atoms with Crippen LogP contribution in [0.4, 0.5) is 5.69 Å². The van der Waals surface area contributed by atoms with Crippen molar-refractivity contribution in [2.24, 2.45) is 5.41 Å². The average molecular weight is 360 g/mol. The molecule has 0 radical (unpaired) electrons. The number of carbonyl (C=O) groups is 1. The number of anilines is 1. The van der Waals surface area contributed by atoms with Crippen LogP contribution in [0, 0.1) is 5.41 Å². The molecule has 110 valence electrons. The molecule has 2 N–H and O–H groups in total. The van der Waals surface area contributed by atoms with Crippen LogP contribution in [0.2, 0.25) is 5.02 Å². The van der Waals surface area contributed by atoms with Gasteiger partial charge in [0.1, 0.15) is 0 Å². The Hall–Kier alpha value is -0.580. The first-order valence-corrected chi connectivity index (χ1v) is 8.22. The molecule has 0 spiro atoms. The molecule has 0 bridgehead atoms. The summed E-state index contributed by atoms with van der Waals surface area (Å²) in [5, 5.41) is 6.92. The third kappa shape index (κ3) is 3.54. The Morgan fingerprint density at radius 2 is 2.35 bits per heavy atom. The van der Waals surface area contributed by atoms with Crippen LogP contribution in [0.5, 0.6) is 0 Å². The van der Waals surface area contributed by atoms with Gasteiger partial charge in [0.25, 0.3) is 0 Å². The van der Waals surface area contributed by atoms with Crippen LogP contribution in [-0.2, 0) is 4.79 Å². The van der Waals surface area contributed by atoms with E-state index in [-0.39, 0.29) is 11.3 Å². The lowest BCUT2D eigenvalue weighted by Gasteiger charge is -2.36. The summed E-state index contributed by atoms with van der Waals surface area (Å²) in [5.41, 5.74) is 0.366. The highest BCUT2D eigenvalue weighted by molar-refractivity contribution is 9.10. The van der Waals surface area contributed by atoms with Gasteiger partial charge in [0.15, 0.2) is 0 Å². The molecule has 1 aromatic carbocycles. The van der Waals surface area contributed by atoms with Crippen LogP contribution in [0.1, 0.15) is 32.6 Å². The lowest BCUT2D eigenvalue weighted by Crippen LogP contribution is -2.48. The number of carbonyl (C=O) groups excluding carboxylic acids is 1. The molecule has 1 amide bonds. The number of amides is 1. The number of hydrogen-bond acceptors (Lipinski definition) is 2. The van der Waals surface area contributed by atoms with Gasteiger partial charge in [-0.2, -0.15) is 0 Å². The normalized spacial score (nSPS) is 22.6. The Balaban J connectivity index is 2.18. The number of hydrogen-bond donors (Lipinski definition) is 2. The number of halogens is 2. The van der Waals surface area contributed by atoms with Gasteiger partial charge in [-0.05, 0) is 44.0 Å². The molecular weight excluding hydrogens is 340 g/mol. The van der Waals surface area contributed by atoms with Gasteiger partial charge in [-0.1, -0.05) is 40.9 Å². The first-order valence-electron chi connectivity index (χ1n) is 7.04. The summed E-state index contributed by atoms with van der Waals surface area (Å²) in [5.74, 6) is 0.0755. The van der Waals surface area contributed by atoms with Crippen LogP contribution < -0.4 is 10.6 Å². The van der Waals surface area contributed by atoms with E-state index in [0.717, 1.165) is 43.2 Å². The summed E-state index contributed by atoms with van der Waals surface area (Å²) in [6, 6.07) is 5.49. The van der Waals surface area contributed by atoms with Crippen molar-refractivity contribution in [1.82, 2.24) is 5.32 Å². The maximum absolute atomic E-state index is 12.7. The van der Waals surface area contributed by atoms with Gasteiger partial charge in [0, 0.05) is 11.0 Å². The zero-order chi connectivity index (χ0) is 14.6. The highest BCUT2D eigenvalue weighted by Gasteiger charge is 2.38. The van der Waals surface area contributed by atoms with Crippen molar-refractivity contribution in [1.29, 1.82) is 0 Å². The predicted octanol–water partition coefficient (Wildman–Crippen LogP) is 4.21. The van der Waals surface area contributed by atoms with Crippen LogP contribution in [0.3, 0.4) is 0 Å². The fraction of sp³-hybridized carbons (Fsp3) is 0.533. The predicted molar refractivity (Wildman–Crippen MR) is 87.2 cm³/mol. The molecule has 5 heteroatoms. The van der Waals surface area contributed by atoms with E-state index in [1.165, 1.54) is 0 Å². The van der Waals surface area contributed by atoms with E-state index >= 15 is 0 Å². The number of benzene rings is 1. The summed E-state index contributed by atoms with van der Waals surface area (Å²) in [6.07, 6.45) is 3.88. The average Bonchev–Trinajstić information content (AvgIpc) is 2.44. The molecule has 1 aliphatic rings. The summed E-state index contributed by atoms with van der Waals surface area (Å²) < 4.78 is 0.906. The smallest absolute Gasteiger partial charge is 0.231 e. The lowest BCUT2D eigenvalue weighted by molar-refractivity contribution is -0.127. The molecule has 1 unspecified atom stereocenters. The zero-order valence-electron chi connectivity index (χ0n) is 11.6. The van der Waals surface area contributed by atoms with E-state index in [1.807, 2.05) is 12.1 Å². The standard InChI is InChI=1S/C15H20BrClN2O/c1-2-6-15(7-3-8-18-10-15)14(20)19-13-9-11(16)4-5-12(13)17/h4-5,9,18H,2-3,6-8,10H2,1H3,(H,19,20). The van der Waals surface area contributed by atoms with Crippen molar-refractivity contribution >= 4 is 39.1 Å². The van der Waals surface area contributed by atoms with Crippen molar-refractivity contribution in [2.45, 2.75) is 32.6 Å². The highest BCUT2D eigenvalue weighted by Crippen LogP contribution is 2.34. The molecule has 1 fully saturated rings. The lowest BCUT2D eigenvalue weighted by atomic mass is 9.76. The zero-order valence-corrected chi connectivity index (χ0v) is 14.0. The molecule has 1 aromatic rings. The second kappa shape index (κ2) is 6.92. The van der Waals surface area contributed by atoms with E-state index in [0.29, 0.717) is 10.7 Å². The van der Waals surface area contributed by atoms with E-state index in [9.17, 15) is 4.79 Å². The highest BCUT2D eigenvalue weighted by atomic mass is 79.9. The number of piperidine rings is 1. The minimum Gasteiger partial charge on any atom is -0.324 e.